The van der Waals surface area contributed by atoms with Gasteiger partial charge in [-0.2, -0.15) is 0 Å². The molecule has 1 aromatic rings. The summed E-state index contributed by atoms with van der Waals surface area (Å²) in [5, 5.41) is 16.1. The number of nitrogens with one attached hydrogen (secondary N) is 2. The number of carbonyl (C=O) groups is 2. The third kappa shape index (κ3) is 6.48. The third-order valence-corrected chi connectivity index (χ3v) is 5.38. The van der Waals surface area contributed by atoms with Crippen molar-refractivity contribution in [2.75, 3.05) is 6.61 Å². The van der Waals surface area contributed by atoms with E-state index < -0.39 is 6.10 Å². The van der Waals surface area contributed by atoms with Gasteiger partial charge in [-0.15, -0.1) is 0 Å². The summed E-state index contributed by atoms with van der Waals surface area (Å²) in [7, 11) is 0. The Kier molecular flexibility index (Phi) is 7.10. The minimum atomic E-state index is -0.462. The fourth-order valence-corrected chi connectivity index (χ4v) is 3.50. The monoisotopic (exact) mass is 394 g/mol. The Bertz CT molecular complexity index is 648. The Morgan fingerprint density at radius 1 is 1.07 bits per heavy atom. The highest BCUT2D eigenvalue weighted by atomic mass is 35.5. The van der Waals surface area contributed by atoms with E-state index >= 15 is 0 Å². The van der Waals surface area contributed by atoms with Crippen LogP contribution in [0.15, 0.2) is 24.3 Å². The molecule has 0 bridgehead atoms. The number of aliphatic hydroxyl groups excluding tert-OH is 1. The van der Waals surface area contributed by atoms with Gasteiger partial charge in [0.1, 0.15) is 6.10 Å². The highest BCUT2D eigenvalue weighted by Crippen LogP contribution is 2.32. The van der Waals surface area contributed by atoms with Gasteiger partial charge in [0.2, 0.25) is 11.8 Å². The zero-order valence-electron chi connectivity index (χ0n) is 15.3. The van der Waals surface area contributed by atoms with Crippen LogP contribution < -0.4 is 10.6 Å². The van der Waals surface area contributed by atoms with Crippen molar-refractivity contribution < 1.29 is 19.4 Å². The topological polar surface area (TPSA) is 87.7 Å². The average molecular weight is 395 g/mol. The molecule has 0 unspecified atom stereocenters. The van der Waals surface area contributed by atoms with E-state index in [-0.39, 0.29) is 37.0 Å². The standard InChI is InChI=1S/C20H27ClN2O4/c21-15-5-3-14(4-6-15)11-22-19(25)10-16-7-8-17(18(12-24)27-16)23-20(26)9-13-1-2-13/h3-6,13,16-18,24H,1-2,7-12H2,(H,22,25)(H,23,26)/t16-,17-,18-/m1/s1. The number of hydrogen-bond donors (Lipinski definition) is 3. The van der Waals surface area contributed by atoms with Crippen LogP contribution in [0.1, 0.15) is 44.1 Å². The molecule has 3 atom stereocenters. The number of benzene rings is 1. The smallest absolute Gasteiger partial charge is 0.222 e. The van der Waals surface area contributed by atoms with Gasteiger partial charge in [0.15, 0.2) is 0 Å². The molecule has 2 fully saturated rings. The van der Waals surface area contributed by atoms with Gasteiger partial charge in [-0.3, -0.25) is 9.59 Å². The van der Waals surface area contributed by atoms with Gasteiger partial charge < -0.3 is 20.5 Å². The molecule has 0 aromatic heterocycles. The second kappa shape index (κ2) is 9.53. The number of aliphatic hydroxyl groups is 1. The molecule has 1 saturated heterocycles. The van der Waals surface area contributed by atoms with Gasteiger partial charge in [-0.05, 0) is 49.3 Å². The number of rotatable bonds is 8. The summed E-state index contributed by atoms with van der Waals surface area (Å²) in [6, 6.07) is 7.13. The van der Waals surface area contributed by atoms with Crippen LogP contribution in [0.4, 0.5) is 0 Å². The average Bonchev–Trinajstić information content (AvgIpc) is 3.46. The maximum absolute atomic E-state index is 12.2. The summed E-state index contributed by atoms with van der Waals surface area (Å²) in [5.74, 6) is 0.464. The molecule has 2 amide bonds. The third-order valence-electron chi connectivity index (χ3n) is 5.13. The van der Waals surface area contributed by atoms with Crippen LogP contribution in [-0.2, 0) is 20.9 Å². The Balaban J connectivity index is 1.40. The van der Waals surface area contributed by atoms with Gasteiger partial charge in [0.05, 0.1) is 25.2 Å². The maximum Gasteiger partial charge on any atom is 0.222 e. The minimum absolute atomic E-state index is 0.0312. The summed E-state index contributed by atoms with van der Waals surface area (Å²) >= 11 is 5.85. The molecule has 1 aliphatic carbocycles. The maximum atomic E-state index is 12.2. The van der Waals surface area contributed by atoms with Crippen LogP contribution >= 0.6 is 11.6 Å². The van der Waals surface area contributed by atoms with E-state index in [9.17, 15) is 14.7 Å². The molecule has 7 heteroatoms. The summed E-state index contributed by atoms with van der Waals surface area (Å²) in [4.78, 5) is 24.2. The lowest BCUT2D eigenvalue weighted by atomic mass is 9.96. The lowest BCUT2D eigenvalue weighted by Crippen LogP contribution is -2.51. The fourth-order valence-electron chi connectivity index (χ4n) is 3.38. The van der Waals surface area contributed by atoms with Gasteiger partial charge >= 0.3 is 0 Å². The molecule has 6 nitrogen and oxygen atoms in total. The van der Waals surface area contributed by atoms with E-state index in [0.29, 0.717) is 36.7 Å². The molecular formula is C20H27ClN2O4. The van der Waals surface area contributed by atoms with Gasteiger partial charge in [-0.25, -0.2) is 0 Å². The first-order valence-electron chi connectivity index (χ1n) is 9.60. The Morgan fingerprint density at radius 3 is 2.48 bits per heavy atom. The SMILES string of the molecule is O=C(C[C@H]1CC[C@@H](NC(=O)CC2CC2)[C@@H](CO)O1)NCc1ccc(Cl)cc1. The van der Waals surface area contributed by atoms with Crippen molar-refractivity contribution in [3.05, 3.63) is 34.9 Å². The minimum Gasteiger partial charge on any atom is -0.394 e. The summed E-state index contributed by atoms with van der Waals surface area (Å²) in [6.45, 7) is 0.267. The number of carbonyl (C=O) groups excluding carboxylic acids is 2. The zero-order chi connectivity index (χ0) is 19.2. The largest absolute Gasteiger partial charge is 0.394 e. The Hall–Kier alpha value is -1.63. The molecule has 1 aliphatic heterocycles. The molecule has 0 radical (unpaired) electrons. The fraction of sp³-hybridized carbons (Fsp3) is 0.600. The second-order valence-electron chi connectivity index (χ2n) is 7.49. The number of hydrogen-bond acceptors (Lipinski definition) is 4. The first kappa shape index (κ1) is 20.1. The highest BCUT2D eigenvalue weighted by Gasteiger charge is 2.34. The van der Waals surface area contributed by atoms with Gasteiger partial charge in [-0.1, -0.05) is 23.7 Å². The molecule has 148 valence electrons. The molecular weight excluding hydrogens is 368 g/mol. The molecule has 3 N–H and O–H groups in total. The van der Waals surface area contributed by atoms with Crippen LogP contribution in [0.3, 0.4) is 0 Å². The van der Waals surface area contributed by atoms with Gasteiger partial charge in [0.25, 0.3) is 0 Å². The summed E-state index contributed by atoms with van der Waals surface area (Å²) in [5.41, 5.74) is 0.976. The lowest BCUT2D eigenvalue weighted by Gasteiger charge is -2.36. The van der Waals surface area contributed by atoms with Crippen molar-refractivity contribution in [3.63, 3.8) is 0 Å². The van der Waals surface area contributed by atoms with Crippen molar-refractivity contribution >= 4 is 23.4 Å². The first-order valence-corrected chi connectivity index (χ1v) is 9.98. The predicted molar refractivity (Wildman–Crippen MR) is 102 cm³/mol. The van der Waals surface area contributed by atoms with Crippen LogP contribution in [0.25, 0.3) is 0 Å². The Labute approximate surface area is 164 Å². The predicted octanol–water partition coefficient (Wildman–Crippen LogP) is 2.17. The van der Waals surface area contributed by atoms with Gasteiger partial charge in [0, 0.05) is 18.0 Å². The van der Waals surface area contributed by atoms with Crippen LogP contribution in [-0.4, -0.2) is 41.8 Å². The van der Waals surface area contributed by atoms with Crippen LogP contribution in [0.5, 0.6) is 0 Å². The van der Waals surface area contributed by atoms with E-state index in [2.05, 4.69) is 10.6 Å². The molecule has 1 heterocycles. The van der Waals surface area contributed by atoms with E-state index in [1.54, 1.807) is 12.1 Å². The van der Waals surface area contributed by atoms with Crippen molar-refractivity contribution in [2.45, 2.75) is 63.3 Å². The zero-order valence-corrected chi connectivity index (χ0v) is 16.1. The van der Waals surface area contributed by atoms with Crippen molar-refractivity contribution in [1.29, 1.82) is 0 Å². The van der Waals surface area contributed by atoms with Crippen molar-refractivity contribution in [1.82, 2.24) is 10.6 Å². The number of ether oxygens (including phenoxy) is 1. The van der Waals surface area contributed by atoms with Crippen molar-refractivity contribution in [2.24, 2.45) is 5.92 Å². The lowest BCUT2D eigenvalue weighted by molar-refractivity contribution is -0.136. The number of halogens is 1. The quantitative estimate of drug-likeness (QED) is 0.630. The highest BCUT2D eigenvalue weighted by molar-refractivity contribution is 6.30. The van der Waals surface area contributed by atoms with Crippen LogP contribution in [0.2, 0.25) is 5.02 Å². The molecule has 1 saturated carbocycles. The van der Waals surface area contributed by atoms with E-state index in [1.165, 1.54) is 0 Å². The van der Waals surface area contributed by atoms with E-state index in [0.717, 1.165) is 18.4 Å². The molecule has 27 heavy (non-hydrogen) atoms. The Morgan fingerprint density at radius 2 is 1.81 bits per heavy atom. The van der Waals surface area contributed by atoms with Crippen molar-refractivity contribution in [3.8, 4) is 0 Å². The molecule has 2 aliphatic rings. The molecule has 1 aromatic carbocycles. The summed E-state index contributed by atoms with van der Waals surface area (Å²) < 4.78 is 5.87. The molecule has 3 rings (SSSR count). The summed E-state index contributed by atoms with van der Waals surface area (Å²) in [6.07, 6.45) is 3.74. The van der Waals surface area contributed by atoms with E-state index in [1.807, 2.05) is 12.1 Å². The van der Waals surface area contributed by atoms with E-state index in [4.69, 9.17) is 16.3 Å². The number of amides is 2. The normalized spacial score (nSPS) is 25.0. The van der Waals surface area contributed by atoms with Crippen LogP contribution in [0, 0.1) is 5.92 Å². The molecule has 0 spiro atoms. The first-order chi connectivity index (χ1) is 13.0. The second-order valence-corrected chi connectivity index (χ2v) is 7.92.